The third kappa shape index (κ3) is 2.43. The van der Waals surface area contributed by atoms with Crippen LogP contribution in [0.4, 0.5) is 0 Å². The maximum Gasteiger partial charge on any atom is 0.0105 e. The molecule has 1 aliphatic rings. The zero-order valence-corrected chi connectivity index (χ0v) is 9.68. The molecule has 0 amide bonds. The molecule has 1 saturated heterocycles. The average molecular weight is 219 g/mol. The van der Waals surface area contributed by atoms with Crippen molar-refractivity contribution >= 4 is 0 Å². The molecule has 1 heterocycles. The van der Waals surface area contributed by atoms with E-state index < -0.39 is 0 Å². The minimum absolute atomic E-state index is 0.578. The van der Waals surface area contributed by atoms with Gasteiger partial charge in [-0.25, -0.2) is 0 Å². The third-order valence-corrected chi connectivity index (χ3v) is 3.49. The molecule has 1 fully saturated rings. The number of hydrogen-bond acceptors (Lipinski definition) is 3. The fraction of sp³-hybridized carbons (Fsp3) is 0.538. The SMILES string of the molecule is NCCN1C[C@@H](CN)[C@H](c2ccccc2)C1. The van der Waals surface area contributed by atoms with Crippen molar-refractivity contribution in [1.29, 1.82) is 0 Å². The van der Waals surface area contributed by atoms with Gasteiger partial charge in [0, 0.05) is 32.1 Å². The molecule has 0 spiro atoms. The molecule has 16 heavy (non-hydrogen) atoms. The van der Waals surface area contributed by atoms with Crippen LogP contribution in [0.5, 0.6) is 0 Å². The van der Waals surface area contributed by atoms with Gasteiger partial charge < -0.3 is 16.4 Å². The van der Waals surface area contributed by atoms with Crippen LogP contribution >= 0.6 is 0 Å². The van der Waals surface area contributed by atoms with Crippen LogP contribution in [0.15, 0.2) is 30.3 Å². The summed E-state index contributed by atoms with van der Waals surface area (Å²) in [6.07, 6.45) is 0. The number of nitrogens with two attached hydrogens (primary N) is 2. The molecule has 1 aromatic carbocycles. The second-order valence-electron chi connectivity index (χ2n) is 4.56. The fourth-order valence-electron chi connectivity index (χ4n) is 2.64. The highest BCUT2D eigenvalue weighted by molar-refractivity contribution is 5.22. The molecule has 4 N–H and O–H groups in total. The van der Waals surface area contributed by atoms with E-state index in [-0.39, 0.29) is 0 Å². The van der Waals surface area contributed by atoms with Gasteiger partial charge in [-0.3, -0.25) is 0 Å². The van der Waals surface area contributed by atoms with E-state index in [1.54, 1.807) is 0 Å². The van der Waals surface area contributed by atoms with E-state index in [4.69, 9.17) is 11.5 Å². The summed E-state index contributed by atoms with van der Waals surface area (Å²) in [5, 5.41) is 0. The van der Waals surface area contributed by atoms with E-state index in [1.807, 2.05) is 0 Å². The Morgan fingerprint density at radius 1 is 1.12 bits per heavy atom. The van der Waals surface area contributed by atoms with Crippen LogP contribution < -0.4 is 11.5 Å². The molecule has 0 saturated carbocycles. The van der Waals surface area contributed by atoms with Crippen LogP contribution in [-0.2, 0) is 0 Å². The molecule has 0 aromatic heterocycles. The van der Waals surface area contributed by atoms with Crippen molar-refractivity contribution in [2.75, 3.05) is 32.7 Å². The molecule has 3 heteroatoms. The lowest BCUT2D eigenvalue weighted by atomic mass is 9.89. The molecule has 2 atom stereocenters. The van der Waals surface area contributed by atoms with Crippen molar-refractivity contribution in [1.82, 2.24) is 4.90 Å². The number of nitrogens with zero attached hydrogens (tertiary/aromatic N) is 1. The van der Waals surface area contributed by atoms with Crippen LogP contribution in [0, 0.1) is 5.92 Å². The van der Waals surface area contributed by atoms with Gasteiger partial charge in [0.25, 0.3) is 0 Å². The lowest BCUT2D eigenvalue weighted by Gasteiger charge is -2.16. The number of hydrogen-bond donors (Lipinski definition) is 2. The van der Waals surface area contributed by atoms with Crippen molar-refractivity contribution in [2.45, 2.75) is 5.92 Å². The summed E-state index contributed by atoms with van der Waals surface area (Å²) in [4.78, 5) is 2.43. The largest absolute Gasteiger partial charge is 0.330 e. The highest BCUT2D eigenvalue weighted by atomic mass is 15.2. The van der Waals surface area contributed by atoms with Gasteiger partial charge >= 0.3 is 0 Å². The first-order valence-electron chi connectivity index (χ1n) is 6.02. The van der Waals surface area contributed by atoms with Crippen LogP contribution in [0.1, 0.15) is 11.5 Å². The standard InChI is InChI=1S/C13H21N3/c14-6-7-16-9-12(8-15)13(10-16)11-4-2-1-3-5-11/h1-5,12-13H,6-10,14-15H2/t12-,13+/m1/s1. The first-order chi connectivity index (χ1) is 7.85. The second-order valence-corrected chi connectivity index (χ2v) is 4.56. The minimum atomic E-state index is 0.578. The molecule has 2 rings (SSSR count). The summed E-state index contributed by atoms with van der Waals surface area (Å²) < 4.78 is 0. The van der Waals surface area contributed by atoms with Crippen molar-refractivity contribution in [2.24, 2.45) is 17.4 Å². The Balaban J connectivity index is 2.09. The highest BCUT2D eigenvalue weighted by Crippen LogP contribution is 2.31. The summed E-state index contributed by atoms with van der Waals surface area (Å²) in [6, 6.07) is 10.7. The smallest absolute Gasteiger partial charge is 0.0105 e. The quantitative estimate of drug-likeness (QED) is 0.780. The molecule has 1 aliphatic heterocycles. The van der Waals surface area contributed by atoms with Crippen LogP contribution in [-0.4, -0.2) is 37.6 Å². The molecule has 1 aromatic rings. The monoisotopic (exact) mass is 219 g/mol. The molecule has 0 radical (unpaired) electrons. The molecule has 0 unspecified atom stereocenters. The van der Waals surface area contributed by atoms with E-state index in [2.05, 4.69) is 35.2 Å². The molecular formula is C13H21N3. The van der Waals surface area contributed by atoms with Crippen molar-refractivity contribution in [3.05, 3.63) is 35.9 Å². The Kier molecular flexibility index (Phi) is 3.93. The predicted molar refractivity (Wildman–Crippen MR) is 67.2 cm³/mol. The summed E-state index contributed by atoms with van der Waals surface area (Å²) in [6.45, 7) is 4.68. The highest BCUT2D eigenvalue weighted by Gasteiger charge is 2.31. The van der Waals surface area contributed by atoms with Gasteiger partial charge in [-0.2, -0.15) is 0 Å². The minimum Gasteiger partial charge on any atom is -0.330 e. The maximum atomic E-state index is 5.86. The lowest BCUT2D eigenvalue weighted by molar-refractivity contribution is 0.333. The normalized spacial score (nSPS) is 26.1. The fourth-order valence-corrected chi connectivity index (χ4v) is 2.64. The van der Waals surface area contributed by atoms with E-state index in [9.17, 15) is 0 Å². The first kappa shape index (κ1) is 11.6. The summed E-state index contributed by atoms with van der Waals surface area (Å²) in [7, 11) is 0. The Hall–Kier alpha value is -0.900. The molecule has 0 aliphatic carbocycles. The van der Waals surface area contributed by atoms with Gasteiger partial charge in [0.2, 0.25) is 0 Å². The summed E-state index contributed by atoms with van der Waals surface area (Å²) in [5.74, 6) is 1.16. The van der Waals surface area contributed by atoms with Gasteiger partial charge in [-0.15, -0.1) is 0 Å². The number of benzene rings is 1. The van der Waals surface area contributed by atoms with Gasteiger partial charge in [0.1, 0.15) is 0 Å². The zero-order chi connectivity index (χ0) is 11.4. The van der Waals surface area contributed by atoms with Crippen molar-refractivity contribution in [3.63, 3.8) is 0 Å². The van der Waals surface area contributed by atoms with E-state index in [0.717, 1.165) is 32.7 Å². The van der Waals surface area contributed by atoms with Crippen molar-refractivity contribution in [3.8, 4) is 0 Å². The van der Waals surface area contributed by atoms with Gasteiger partial charge in [-0.1, -0.05) is 30.3 Å². The van der Waals surface area contributed by atoms with Gasteiger partial charge in [0.05, 0.1) is 0 Å². The summed E-state index contributed by atoms with van der Waals surface area (Å²) in [5.41, 5.74) is 12.9. The maximum absolute atomic E-state index is 5.86. The topological polar surface area (TPSA) is 55.3 Å². The van der Waals surface area contributed by atoms with Crippen LogP contribution in [0.2, 0.25) is 0 Å². The van der Waals surface area contributed by atoms with Crippen molar-refractivity contribution < 1.29 is 0 Å². The summed E-state index contributed by atoms with van der Waals surface area (Å²) >= 11 is 0. The van der Waals surface area contributed by atoms with Gasteiger partial charge in [-0.05, 0) is 18.0 Å². The Morgan fingerprint density at radius 2 is 1.88 bits per heavy atom. The predicted octanol–water partition coefficient (Wildman–Crippen LogP) is 0.619. The Labute approximate surface area is 97.4 Å². The zero-order valence-electron chi connectivity index (χ0n) is 9.68. The first-order valence-corrected chi connectivity index (χ1v) is 6.02. The van der Waals surface area contributed by atoms with E-state index in [1.165, 1.54) is 5.56 Å². The average Bonchev–Trinajstić information content (AvgIpc) is 2.74. The number of rotatable bonds is 4. The Bertz CT molecular complexity index is 312. The molecule has 3 nitrogen and oxygen atoms in total. The van der Waals surface area contributed by atoms with Crippen LogP contribution in [0.3, 0.4) is 0 Å². The third-order valence-electron chi connectivity index (χ3n) is 3.49. The molecular weight excluding hydrogens is 198 g/mol. The number of likely N-dealkylation sites (tertiary alicyclic amines) is 1. The van der Waals surface area contributed by atoms with E-state index >= 15 is 0 Å². The molecule has 88 valence electrons. The Morgan fingerprint density at radius 3 is 2.50 bits per heavy atom. The lowest BCUT2D eigenvalue weighted by Crippen LogP contribution is -2.28. The second kappa shape index (κ2) is 5.43. The molecule has 0 bridgehead atoms. The van der Waals surface area contributed by atoms with Crippen LogP contribution in [0.25, 0.3) is 0 Å². The van der Waals surface area contributed by atoms with E-state index in [0.29, 0.717) is 11.8 Å². The van der Waals surface area contributed by atoms with Gasteiger partial charge in [0.15, 0.2) is 0 Å².